The molecule has 2 rings (SSSR count). The van der Waals surface area contributed by atoms with Crippen LogP contribution < -0.4 is 5.32 Å². The summed E-state index contributed by atoms with van der Waals surface area (Å²) in [5, 5.41) is 9.63. The summed E-state index contributed by atoms with van der Waals surface area (Å²) in [4.78, 5) is 16.1. The fourth-order valence-electron chi connectivity index (χ4n) is 2.43. The van der Waals surface area contributed by atoms with Gasteiger partial charge in [0, 0.05) is 25.5 Å². The molecule has 2 atom stereocenters. The van der Waals surface area contributed by atoms with E-state index in [2.05, 4.69) is 34.3 Å². The van der Waals surface area contributed by atoms with E-state index >= 15 is 0 Å². The molecule has 0 radical (unpaired) electrons. The van der Waals surface area contributed by atoms with E-state index in [0.717, 1.165) is 38.1 Å². The van der Waals surface area contributed by atoms with Crippen LogP contribution in [0, 0.1) is 5.92 Å². The van der Waals surface area contributed by atoms with Gasteiger partial charge in [-0.25, -0.2) is 4.98 Å². The molecule has 6 heteroatoms. The number of nitrogens with zero attached hydrogens (tertiary/aromatic N) is 2. The first-order valence-corrected chi connectivity index (χ1v) is 7.05. The average Bonchev–Trinajstić information content (AvgIpc) is 3.04. The summed E-state index contributed by atoms with van der Waals surface area (Å²) in [6.45, 7) is 5.60. The fraction of sp³-hybridized carbons (Fsp3) is 0.769. The Morgan fingerprint density at radius 2 is 2.37 bits per heavy atom. The van der Waals surface area contributed by atoms with Gasteiger partial charge in [0.25, 0.3) is 5.91 Å². The minimum absolute atomic E-state index is 0.208. The van der Waals surface area contributed by atoms with E-state index in [9.17, 15) is 4.79 Å². The van der Waals surface area contributed by atoms with Crippen molar-refractivity contribution in [3.8, 4) is 0 Å². The molecule has 0 aliphatic carbocycles. The highest BCUT2D eigenvalue weighted by atomic mass is 16.5. The summed E-state index contributed by atoms with van der Waals surface area (Å²) in [6, 6.07) is 0. The van der Waals surface area contributed by atoms with Gasteiger partial charge in [0.05, 0.1) is 6.10 Å². The van der Waals surface area contributed by atoms with Gasteiger partial charge < -0.3 is 10.1 Å². The summed E-state index contributed by atoms with van der Waals surface area (Å²) >= 11 is 0. The molecule has 6 nitrogen and oxygen atoms in total. The van der Waals surface area contributed by atoms with E-state index in [1.807, 2.05) is 0 Å². The van der Waals surface area contributed by atoms with Crippen molar-refractivity contribution in [1.82, 2.24) is 20.5 Å². The number of H-pyrrole nitrogens is 1. The van der Waals surface area contributed by atoms with Crippen LogP contribution in [0.25, 0.3) is 0 Å². The highest BCUT2D eigenvalue weighted by Gasteiger charge is 2.27. The van der Waals surface area contributed by atoms with Crippen molar-refractivity contribution in [1.29, 1.82) is 0 Å². The first-order valence-electron chi connectivity index (χ1n) is 7.05. The second-order valence-corrected chi connectivity index (χ2v) is 4.93. The van der Waals surface area contributed by atoms with Crippen molar-refractivity contribution in [3.05, 3.63) is 11.6 Å². The zero-order chi connectivity index (χ0) is 13.7. The fourth-order valence-corrected chi connectivity index (χ4v) is 2.43. The van der Waals surface area contributed by atoms with Crippen LogP contribution in [-0.2, 0) is 11.2 Å². The van der Waals surface area contributed by atoms with Crippen LogP contribution in [0.4, 0.5) is 0 Å². The van der Waals surface area contributed by atoms with Crippen LogP contribution in [0.1, 0.15) is 49.6 Å². The number of aromatic amines is 1. The average molecular weight is 266 g/mol. The summed E-state index contributed by atoms with van der Waals surface area (Å²) in [7, 11) is 0. The number of carbonyl (C=O) groups is 1. The number of aryl methyl sites for hydroxylation is 1. The summed E-state index contributed by atoms with van der Waals surface area (Å²) in [5.41, 5.74) is 0. The summed E-state index contributed by atoms with van der Waals surface area (Å²) < 4.78 is 5.60. The normalized spacial score (nSPS) is 22.6. The van der Waals surface area contributed by atoms with Crippen molar-refractivity contribution in [2.75, 3.05) is 13.2 Å². The van der Waals surface area contributed by atoms with Crippen LogP contribution in [0.2, 0.25) is 0 Å². The molecular formula is C13H22N4O2. The van der Waals surface area contributed by atoms with Crippen LogP contribution in [0.3, 0.4) is 0 Å². The Labute approximate surface area is 113 Å². The smallest absolute Gasteiger partial charge is 0.290 e. The van der Waals surface area contributed by atoms with Crippen molar-refractivity contribution in [2.24, 2.45) is 5.92 Å². The van der Waals surface area contributed by atoms with Crippen molar-refractivity contribution >= 4 is 5.91 Å². The zero-order valence-corrected chi connectivity index (χ0v) is 11.6. The molecule has 0 bridgehead atoms. The molecule has 1 saturated heterocycles. The molecule has 1 aliphatic heterocycles. The Kier molecular flexibility index (Phi) is 4.90. The SMILES string of the molecule is CCCc1nc(C(=O)NCC2CCOC2CC)n[nH]1. The van der Waals surface area contributed by atoms with Crippen molar-refractivity contribution in [2.45, 2.75) is 45.6 Å². The topological polar surface area (TPSA) is 79.9 Å². The minimum atomic E-state index is -0.208. The number of ether oxygens (including phenoxy) is 1. The molecule has 1 aliphatic rings. The number of rotatable bonds is 6. The molecule has 0 aromatic carbocycles. The second-order valence-electron chi connectivity index (χ2n) is 4.93. The predicted octanol–water partition coefficient (Wildman–Crippen LogP) is 1.30. The molecule has 1 aromatic rings. The van der Waals surface area contributed by atoms with E-state index in [1.165, 1.54) is 0 Å². The maximum atomic E-state index is 11.9. The van der Waals surface area contributed by atoms with Gasteiger partial charge in [0.15, 0.2) is 0 Å². The van der Waals surface area contributed by atoms with E-state index in [0.29, 0.717) is 12.5 Å². The van der Waals surface area contributed by atoms with Gasteiger partial charge >= 0.3 is 0 Å². The summed E-state index contributed by atoms with van der Waals surface area (Å²) in [6.07, 6.45) is 4.06. The molecule has 106 valence electrons. The van der Waals surface area contributed by atoms with Gasteiger partial charge in [-0.1, -0.05) is 13.8 Å². The van der Waals surface area contributed by atoms with Gasteiger partial charge in [-0.15, -0.1) is 5.10 Å². The van der Waals surface area contributed by atoms with Gasteiger partial charge in [-0.3, -0.25) is 9.89 Å². The minimum Gasteiger partial charge on any atom is -0.378 e. The van der Waals surface area contributed by atoms with Crippen LogP contribution >= 0.6 is 0 Å². The lowest BCUT2D eigenvalue weighted by Gasteiger charge is -2.16. The third-order valence-electron chi connectivity index (χ3n) is 3.50. The summed E-state index contributed by atoms with van der Waals surface area (Å²) in [5.74, 6) is 1.20. The van der Waals surface area contributed by atoms with E-state index in [1.54, 1.807) is 0 Å². The highest BCUT2D eigenvalue weighted by Crippen LogP contribution is 2.22. The lowest BCUT2D eigenvalue weighted by molar-refractivity contribution is 0.0823. The number of carbonyl (C=O) groups excluding carboxylic acids is 1. The molecular weight excluding hydrogens is 244 g/mol. The largest absolute Gasteiger partial charge is 0.378 e. The number of aromatic nitrogens is 3. The maximum absolute atomic E-state index is 11.9. The zero-order valence-electron chi connectivity index (χ0n) is 11.6. The van der Waals surface area contributed by atoms with Gasteiger partial charge in [0.2, 0.25) is 5.82 Å². The highest BCUT2D eigenvalue weighted by molar-refractivity contribution is 5.90. The van der Waals surface area contributed by atoms with Crippen LogP contribution in [0.15, 0.2) is 0 Å². The monoisotopic (exact) mass is 266 g/mol. The first kappa shape index (κ1) is 14.0. The van der Waals surface area contributed by atoms with Crippen molar-refractivity contribution < 1.29 is 9.53 Å². The molecule has 2 heterocycles. The Hall–Kier alpha value is -1.43. The second kappa shape index (κ2) is 6.65. The molecule has 2 unspecified atom stereocenters. The molecule has 1 fully saturated rings. The molecule has 19 heavy (non-hydrogen) atoms. The predicted molar refractivity (Wildman–Crippen MR) is 70.8 cm³/mol. The first-order chi connectivity index (χ1) is 9.24. The van der Waals surface area contributed by atoms with Gasteiger partial charge in [-0.05, 0) is 19.3 Å². The third-order valence-corrected chi connectivity index (χ3v) is 3.50. The maximum Gasteiger partial charge on any atom is 0.290 e. The lowest BCUT2D eigenvalue weighted by atomic mass is 10.00. The van der Waals surface area contributed by atoms with Gasteiger partial charge in [0.1, 0.15) is 5.82 Å². The quantitative estimate of drug-likeness (QED) is 0.813. The number of hydrogen-bond acceptors (Lipinski definition) is 4. The Morgan fingerprint density at radius 3 is 3.11 bits per heavy atom. The number of amides is 1. The Balaban J connectivity index is 1.83. The van der Waals surface area contributed by atoms with E-state index < -0.39 is 0 Å². The number of hydrogen-bond donors (Lipinski definition) is 2. The Bertz CT molecular complexity index is 419. The van der Waals surface area contributed by atoms with Crippen LogP contribution in [0.5, 0.6) is 0 Å². The van der Waals surface area contributed by atoms with Crippen LogP contribution in [-0.4, -0.2) is 40.3 Å². The molecule has 1 aromatic heterocycles. The molecule has 1 amide bonds. The van der Waals surface area contributed by atoms with E-state index in [-0.39, 0.29) is 17.8 Å². The standard InChI is InChI=1S/C13H22N4O2/c1-3-5-11-15-12(17-16-11)13(18)14-8-9-6-7-19-10(9)4-2/h9-10H,3-8H2,1-2H3,(H,14,18)(H,15,16,17). The van der Waals surface area contributed by atoms with Crippen molar-refractivity contribution in [3.63, 3.8) is 0 Å². The molecule has 0 saturated carbocycles. The number of nitrogens with one attached hydrogen (secondary N) is 2. The Morgan fingerprint density at radius 1 is 1.53 bits per heavy atom. The lowest BCUT2D eigenvalue weighted by Crippen LogP contribution is -2.33. The van der Waals surface area contributed by atoms with Gasteiger partial charge in [-0.2, -0.15) is 0 Å². The van der Waals surface area contributed by atoms with E-state index in [4.69, 9.17) is 4.74 Å². The third kappa shape index (κ3) is 3.53. The molecule has 0 spiro atoms. The molecule has 2 N–H and O–H groups in total.